The predicted octanol–water partition coefficient (Wildman–Crippen LogP) is 4.28. The number of fused-ring (bicyclic) bond motifs is 1. The molecule has 0 fully saturated rings. The van der Waals surface area contributed by atoms with E-state index in [0.29, 0.717) is 24.1 Å². The Bertz CT molecular complexity index is 1100. The Morgan fingerprint density at radius 3 is 2.75 bits per heavy atom. The van der Waals surface area contributed by atoms with Crippen LogP contribution in [0.4, 0.5) is 5.13 Å². The number of nitrogens with zero attached hydrogens (tertiary/aromatic N) is 4. The maximum absolute atomic E-state index is 13.3. The third kappa shape index (κ3) is 3.61. The monoisotopic (exact) mass is 392 g/mol. The van der Waals surface area contributed by atoms with E-state index in [1.54, 1.807) is 21.9 Å². The fourth-order valence-electron chi connectivity index (χ4n) is 2.95. The van der Waals surface area contributed by atoms with Gasteiger partial charge in [-0.3, -0.25) is 9.69 Å². The van der Waals surface area contributed by atoms with Crippen LogP contribution in [0.5, 0.6) is 5.75 Å². The van der Waals surface area contributed by atoms with E-state index in [1.807, 2.05) is 62.5 Å². The van der Waals surface area contributed by atoms with Crippen LogP contribution < -0.4 is 9.64 Å². The Kier molecular flexibility index (Phi) is 5.08. The summed E-state index contributed by atoms with van der Waals surface area (Å²) < 4.78 is 8.29. The van der Waals surface area contributed by atoms with E-state index in [0.717, 1.165) is 21.5 Å². The Hall–Kier alpha value is -3.19. The Balaban J connectivity index is 1.75. The number of ether oxygens (including phenoxy) is 1. The van der Waals surface area contributed by atoms with Crippen LogP contribution in [0.1, 0.15) is 23.1 Å². The van der Waals surface area contributed by atoms with Gasteiger partial charge < -0.3 is 9.30 Å². The zero-order valence-electron chi connectivity index (χ0n) is 15.7. The highest BCUT2D eigenvalue weighted by Crippen LogP contribution is 2.33. The van der Waals surface area contributed by atoms with Gasteiger partial charge in [0.05, 0.1) is 23.4 Å². The first kappa shape index (κ1) is 18.2. The molecule has 0 bridgehead atoms. The molecule has 4 aromatic rings. The van der Waals surface area contributed by atoms with Crippen molar-refractivity contribution < 1.29 is 9.53 Å². The maximum atomic E-state index is 13.3. The molecule has 0 unspecified atom stereocenters. The fraction of sp³-hybridized carbons (Fsp3) is 0.190. The number of rotatable bonds is 6. The molecule has 2 aromatic carbocycles. The zero-order chi connectivity index (χ0) is 19.5. The first-order valence-corrected chi connectivity index (χ1v) is 9.84. The first-order chi connectivity index (χ1) is 13.7. The molecule has 6 nitrogen and oxygen atoms in total. The quantitative estimate of drug-likeness (QED) is 0.491. The van der Waals surface area contributed by atoms with Crippen LogP contribution in [0, 0.1) is 0 Å². The van der Waals surface area contributed by atoms with Gasteiger partial charge in [-0.1, -0.05) is 41.7 Å². The lowest BCUT2D eigenvalue weighted by Crippen LogP contribution is -2.32. The lowest BCUT2D eigenvalue weighted by Gasteiger charge is -2.19. The van der Waals surface area contributed by atoms with Crippen molar-refractivity contribution >= 4 is 32.6 Å². The molecule has 0 aliphatic heterocycles. The van der Waals surface area contributed by atoms with Gasteiger partial charge in [-0.25, -0.2) is 9.97 Å². The number of carbonyl (C=O) groups is 1. The summed E-state index contributed by atoms with van der Waals surface area (Å²) in [5.74, 6) is 1.00. The number of aryl methyl sites for hydroxylation is 1. The van der Waals surface area contributed by atoms with Crippen LogP contribution in [0.15, 0.2) is 60.9 Å². The second-order valence-electron chi connectivity index (χ2n) is 6.30. The lowest BCUT2D eigenvalue weighted by molar-refractivity contribution is 0.0972. The van der Waals surface area contributed by atoms with Crippen LogP contribution in [-0.2, 0) is 13.6 Å². The Morgan fingerprint density at radius 1 is 1.21 bits per heavy atom. The molecule has 0 saturated carbocycles. The average Bonchev–Trinajstić information content (AvgIpc) is 3.32. The molecule has 0 saturated heterocycles. The number of thiazole rings is 1. The number of imidazole rings is 1. The van der Waals surface area contributed by atoms with Crippen molar-refractivity contribution in [3.05, 3.63) is 72.3 Å². The van der Waals surface area contributed by atoms with Crippen LogP contribution >= 0.6 is 11.3 Å². The molecule has 0 N–H and O–H groups in total. The minimum absolute atomic E-state index is 0.180. The predicted molar refractivity (Wildman–Crippen MR) is 111 cm³/mol. The summed E-state index contributed by atoms with van der Waals surface area (Å²) in [7, 11) is 1.81. The number of benzene rings is 2. The lowest BCUT2D eigenvalue weighted by atomic mass is 10.2. The number of amides is 1. The standard InChI is InChI=1S/C21H20N4O2S/c1-3-27-16-9-10-17-18(13-16)28-21(23-17)25(14-15-7-5-4-6-8-15)20(26)19-22-11-12-24(19)2/h4-13H,3,14H2,1-2H3. The molecular weight excluding hydrogens is 372 g/mol. The third-order valence-electron chi connectivity index (χ3n) is 4.33. The van der Waals surface area contributed by atoms with Crippen molar-refractivity contribution in [3.63, 3.8) is 0 Å². The van der Waals surface area contributed by atoms with E-state index in [2.05, 4.69) is 4.98 Å². The SMILES string of the molecule is CCOc1ccc2nc(N(Cc3ccccc3)C(=O)c3nccn3C)sc2c1. The molecule has 7 heteroatoms. The molecule has 2 heterocycles. The van der Waals surface area contributed by atoms with Crippen molar-refractivity contribution in [2.75, 3.05) is 11.5 Å². The second kappa shape index (κ2) is 7.82. The van der Waals surface area contributed by atoms with Crippen LogP contribution in [-0.4, -0.2) is 27.0 Å². The van der Waals surface area contributed by atoms with Gasteiger partial charge in [0.15, 0.2) is 11.0 Å². The molecule has 2 aromatic heterocycles. The van der Waals surface area contributed by atoms with E-state index >= 15 is 0 Å². The number of carbonyl (C=O) groups excluding carboxylic acids is 1. The summed E-state index contributed by atoms with van der Waals surface area (Å²) in [5.41, 5.74) is 1.87. The molecule has 4 rings (SSSR count). The molecular formula is C21H20N4O2S. The Labute approximate surface area is 167 Å². The smallest absolute Gasteiger partial charge is 0.296 e. The van der Waals surface area contributed by atoms with Crippen molar-refractivity contribution in [2.45, 2.75) is 13.5 Å². The van der Waals surface area contributed by atoms with E-state index in [-0.39, 0.29) is 5.91 Å². The first-order valence-electron chi connectivity index (χ1n) is 9.02. The van der Waals surface area contributed by atoms with Crippen molar-refractivity contribution in [2.24, 2.45) is 7.05 Å². The topological polar surface area (TPSA) is 60.2 Å². The average molecular weight is 392 g/mol. The minimum atomic E-state index is -0.180. The van der Waals surface area contributed by atoms with Gasteiger partial charge in [-0.2, -0.15) is 0 Å². The van der Waals surface area contributed by atoms with Crippen molar-refractivity contribution in [1.29, 1.82) is 0 Å². The minimum Gasteiger partial charge on any atom is -0.494 e. The molecule has 28 heavy (non-hydrogen) atoms. The van der Waals surface area contributed by atoms with Crippen molar-refractivity contribution in [3.8, 4) is 5.75 Å². The van der Waals surface area contributed by atoms with Gasteiger partial charge in [0, 0.05) is 19.4 Å². The summed E-state index contributed by atoms with van der Waals surface area (Å²) in [6.07, 6.45) is 3.39. The largest absolute Gasteiger partial charge is 0.494 e. The van der Waals surface area contributed by atoms with E-state index in [4.69, 9.17) is 9.72 Å². The summed E-state index contributed by atoms with van der Waals surface area (Å²) in [6, 6.07) is 15.7. The molecule has 142 valence electrons. The Morgan fingerprint density at radius 2 is 2.04 bits per heavy atom. The van der Waals surface area contributed by atoms with Gasteiger partial charge in [0.1, 0.15) is 5.75 Å². The summed E-state index contributed by atoms with van der Waals surface area (Å²) >= 11 is 1.47. The third-order valence-corrected chi connectivity index (χ3v) is 5.37. The highest BCUT2D eigenvalue weighted by Gasteiger charge is 2.24. The summed E-state index contributed by atoms with van der Waals surface area (Å²) in [4.78, 5) is 23.9. The van der Waals surface area contributed by atoms with Gasteiger partial charge in [-0.05, 0) is 30.7 Å². The fourth-order valence-corrected chi connectivity index (χ4v) is 3.94. The highest BCUT2D eigenvalue weighted by molar-refractivity contribution is 7.22. The van der Waals surface area contributed by atoms with Crippen molar-refractivity contribution in [1.82, 2.24) is 14.5 Å². The van der Waals surface area contributed by atoms with Gasteiger partial charge in [0.2, 0.25) is 0 Å². The number of anilines is 1. The number of hydrogen-bond donors (Lipinski definition) is 0. The van der Waals surface area contributed by atoms with Crippen LogP contribution in [0.3, 0.4) is 0 Å². The molecule has 0 atom stereocenters. The molecule has 0 spiro atoms. The molecule has 0 aliphatic rings. The van der Waals surface area contributed by atoms with Crippen LogP contribution in [0.25, 0.3) is 10.2 Å². The second-order valence-corrected chi connectivity index (χ2v) is 7.31. The van der Waals surface area contributed by atoms with Gasteiger partial charge >= 0.3 is 0 Å². The number of hydrogen-bond acceptors (Lipinski definition) is 5. The van der Waals surface area contributed by atoms with E-state index in [9.17, 15) is 4.79 Å². The zero-order valence-corrected chi connectivity index (χ0v) is 16.5. The molecule has 0 aliphatic carbocycles. The molecule has 1 amide bonds. The van der Waals surface area contributed by atoms with E-state index in [1.165, 1.54) is 11.3 Å². The summed E-state index contributed by atoms with van der Waals surface area (Å²) in [6.45, 7) is 2.98. The molecule has 0 radical (unpaired) electrons. The summed E-state index contributed by atoms with van der Waals surface area (Å²) in [5, 5.41) is 0.639. The van der Waals surface area contributed by atoms with Gasteiger partial charge in [0.25, 0.3) is 5.91 Å². The van der Waals surface area contributed by atoms with E-state index < -0.39 is 0 Å². The number of aromatic nitrogens is 3. The maximum Gasteiger partial charge on any atom is 0.296 e. The highest BCUT2D eigenvalue weighted by atomic mass is 32.1. The normalized spacial score (nSPS) is 10.9. The van der Waals surface area contributed by atoms with Crippen LogP contribution in [0.2, 0.25) is 0 Å². The van der Waals surface area contributed by atoms with Gasteiger partial charge in [-0.15, -0.1) is 0 Å².